The Morgan fingerprint density at radius 2 is 1.72 bits per heavy atom. The van der Waals surface area contributed by atoms with Crippen LogP contribution in [0.2, 0.25) is 5.02 Å². The van der Waals surface area contributed by atoms with Gasteiger partial charge in [-0.1, -0.05) is 53.7 Å². The molecule has 6 nitrogen and oxygen atoms in total. The van der Waals surface area contributed by atoms with E-state index in [4.69, 9.17) is 16.3 Å². The van der Waals surface area contributed by atoms with Crippen LogP contribution in [0.1, 0.15) is 6.92 Å². The monoisotopic (exact) mass is 490 g/mol. The number of methoxy groups -OCH3 is 1. The van der Waals surface area contributed by atoms with Gasteiger partial charge in [-0.2, -0.15) is 0 Å². The maximum Gasteiger partial charge on any atom is 0.248 e. The molecule has 0 fully saturated rings. The standard InChI is InChI=1S/C23H23ClN2O4S2/c1-16(26(32(3,28)29)17-13-14-21(30-2)19(24)15-17)23(27)25-20-11-7-8-12-22(20)31-18-9-5-4-6-10-18/h4-16H,1-3H3,(H,25,27)/t16-/m0/s1. The van der Waals surface area contributed by atoms with Crippen LogP contribution in [0, 0.1) is 0 Å². The average molecular weight is 491 g/mol. The minimum atomic E-state index is -3.78. The lowest BCUT2D eigenvalue weighted by Gasteiger charge is -2.28. The number of hydrogen-bond acceptors (Lipinski definition) is 5. The van der Waals surface area contributed by atoms with Gasteiger partial charge in [0.2, 0.25) is 15.9 Å². The highest BCUT2D eigenvalue weighted by Gasteiger charge is 2.30. The molecule has 0 bridgehead atoms. The smallest absolute Gasteiger partial charge is 0.248 e. The topological polar surface area (TPSA) is 75.7 Å². The zero-order valence-corrected chi connectivity index (χ0v) is 20.2. The zero-order chi connectivity index (χ0) is 23.3. The van der Waals surface area contributed by atoms with Crippen molar-refractivity contribution in [3.05, 3.63) is 77.8 Å². The highest BCUT2D eigenvalue weighted by molar-refractivity contribution is 7.99. The van der Waals surface area contributed by atoms with Crippen LogP contribution in [0.15, 0.2) is 82.6 Å². The van der Waals surface area contributed by atoms with E-state index in [0.717, 1.165) is 20.4 Å². The largest absolute Gasteiger partial charge is 0.495 e. The summed E-state index contributed by atoms with van der Waals surface area (Å²) in [6.07, 6.45) is 1.05. The SMILES string of the molecule is COc1ccc(N([C@@H](C)C(=O)Nc2ccccc2Sc2ccccc2)S(C)(=O)=O)cc1Cl. The van der Waals surface area contributed by atoms with E-state index in [1.807, 2.05) is 48.5 Å². The molecule has 1 atom stereocenters. The van der Waals surface area contributed by atoms with Crippen LogP contribution in [0.4, 0.5) is 11.4 Å². The molecule has 0 aliphatic rings. The molecule has 3 aromatic rings. The second-order valence-electron chi connectivity index (χ2n) is 6.95. The minimum Gasteiger partial charge on any atom is -0.495 e. The van der Waals surface area contributed by atoms with Crippen LogP contribution >= 0.6 is 23.4 Å². The van der Waals surface area contributed by atoms with Crippen molar-refractivity contribution < 1.29 is 17.9 Å². The molecule has 9 heteroatoms. The number of nitrogens with zero attached hydrogens (tertiary/aromatic N) is 1. The van der Waals surface area contributed by atoms with Crippen LogP contribution < -0.4 is 14.4 Å². The van der Waals surface area contributed by atoms with E-state index >= 15 is 0 Å². The number of hydrogen-bond donors (Lipinski definition) is 1. The molecule has 0 aliphatic carbocycles. The number of carbonyl (C=O) groups is 1. The van der Waals surface area contributed by atoms with Crippen molar-refractivity contribution in [2.45, 2.75) is 22.8 Å². The fourth-order valence-corrected chi connectivity index (χ4v) is 5.45. The first-order valence-corrected chi connectivity index (χ1v) is 12.7. The number of amides is 1. The van der Waals surface area contributed by atoms with Crippen molar-refractivity contribution in [1.29, 1.82) is 0 Å². The molecule has 0 spiro atoms. The highest BCUT2D eigenvalue weighted by atomic mass is 35.5. The molecule has 0 saturated heterocycles. The first kappa shape index (κ1) is 24.0. The van der Waals surface area contributed by atoms with Gasteiger partial charge in [-0.05, 0) is 49.4 Å². The van der Waals surface area contributed by atoms with Gasteiger partial charge in [-0.15, -0.1) is 0 Å². The number of sulfonamides is 1. The molecule has 0 radical (unpaired) electrons. The van der Waals surface area contributed by atoms with Crippen LogP contribution in [-0.4, -0.2) is 33.7 Å². The molecule has 0 saturated carbocycles. The van der Waals surface area contributed by atoms with E-state index in [9.17, 15) is 13.2 Å². The summed E-state index contributed by atoms with van der Waals surface area (Å²) >= 11 is 7.69. The number of benzene rings is 3. The van der Waals surface area contributed by atoms with Gasteiger partial charge in [0.25, 0.3) is 0 Å². The third-order valence-corrected chi connectivity index (χ3v) is 7.22. The van der Waals surface area contributed by atoms with Gasteiger partial charge in [-0.25, -0.2) is 8.42 Å². The first-order chi connectivity index (χ1) is 15.2. The molecule has 0 aliphatic heterocycles. The van der Waals surface area contributed by atoms with Gasteiger partial charge < -0.3 is 10.1 Å². The molecule has 0 aromatic heterocycles. The van der Waals surface area contributed by atoms with Crippen molar-refractivity contribution in [2.24, 2.45) is 0 Å². The Labute approximate surface area is 197 Å². The van der Waals surface area contributed by atoms with Crippen molar-refractivity contribution in [2.75, 3.05) is 23.0 Å². The summed E-state index contributed by atoms with van der Waals surface area (Å²) in [5.74, 6) is -0.0590. The summed E-state index contributed by atoms with van der Waals surface area (Å²) in [7, 11) is -2.31. The number of rotatable bonds is 8. The molecule has 3 aromatic carbocycles. The third-order valence-electron chi connectivity index (χ3n) is 4.59. The summed E-state index contributed by atoms with van der Waals surface area (Å²) in [6.45, 7) is 1.53. The molecular formula is C23H23ClN2O4S2. The van der Waals surface area contributed by atoms with Crippen molar-refractivity contribution >= 4 is 50.7 Å². The van der Waals surface area contributed by atoms with Gasteiger partial charge in [0.15, 0.2) is 0 Å². The van der Waals surface area contributed by atoms with Gasteiger partial charge in [0.1, 0.15) is 11.8 Å². The lowest BCUT2D eigenvalue weighted by molar-refractivity contribution is -0.116. The average Bonchev–Trinajstić information content (AvgIpc) is 2.75. The van der Waals surface area contributed by atoms with Crippen molar-refractivity contribution in [3.63, 3.8) is 0 Å². The van der Waals surface area contributed by atoms with Crippen LogP contribution in [0.3, 0.4) is 0 Å². The Bertz CT molecular complexity index is 1200. The number of ether oxygens (including phenoxy) is 1. The predicted octanol–water partition coefficient (Wildman–Crippen LogP) is 5.29. The Morgan fingerprint density at radius 1 is 1.06 bits per heavy atom. The van der Waals surface area contributed by atoms with E-state index < -0.39 is 22.0 Å². The fourth-order valence-electron chi connectivity index (χ4n) is 3.11. The fraction of sp³-hybridized carbons (Fsp3) is 0.174. The van der Waals surface area contributed by atoms with E-state index in [1.54, 1.807) is 18.2 Å². The molecule has 0 unspecified atom stereocenters. The summed E-state index contributed by atoms with van der Waals surface area (Å²) in [4.78, 5) is 15.0. The van der Waals surface area contributed by atoms with Crippen molar-refractivity contribution in [3.8, 4) is 5.75 Å². The number of nitrogens with one attached hydrogen (secondary N) is 1. The van der Waals surface area contributed by atoms with E-state index in [2.05, 4.69) is 5.32 Å². The van der Waals surface area contributed by atoms with Crippen LogP contribution in [0.5, 0.6) is 5.75 Å². The van der Waals surface area contributed by atoms with Gasteiger partial charge in [0.05, 0.1) is 29.8 Å². The highest BCUT2D eigenvalue weighted by Crippen LogP contribution is 2.34. The molecular weight excluding hydrogens is 468 g/mol. The van der Waals surface area contributed by atoms with Gasteiger partial charge in [0, 0.05) is 9.79 Å². The van der Waals surface area contributed by atoms with Gasteiger partial charge in [-0.3, -0.25) is 9.10 Å². The minimum absolute atomic E-state index is 0.246. The lowest BCUT2D eigenvalue weighted by Crippen LogP contribution is -2.45. The van der Waals surface area contributed by atoms with Crippen LogP contribution in [0.25, 0.3) is 0 Å². The summed E-state index contributed by atoms with van der Waals surface area (Å²) < 4.78 is 31.3. The Hall–Kier alpha value is -2.68. The molecule has 1 N–H and O–H groups in total. The quantitative estimate of drug-likeness (QED) is 0.464. The Balaban J connectivity index is 1.87. The van der Waals surface area contributed by atoms with Gasteiger partial charge >= 0.3 is 0 Å². The summed E-state index contributed by atoms with van der Waals surface area (Å²) in [5.41, 5.74) is 0.868. The number of carbonyl (C=O) groups excluding carboxylic acids is 1. The van der Waals surface area contributed by atoms with E-state index in [-0.39, 0.29) is 10.7 Å². The Morgan fingerprint density at radius 3 is 2.34 bits per heavy atom. The maximum atomic E-state index is 13.1. The van der Waals surface area contributed by atoms with E-state index in [1.165, 1.54) is 31.9 Å². The lowest BCUT2D eigenvalue weighted by atomic mass is 10.2. The molecule has 32 heavy (non-hydrogen) atoms. The maximum absolute atomic E-state index is 13.1. The summed E-state index contributed by atoms with van der Waals surface area (Å²) in [6, 6.07) is 20.7. The third kappa shape index (κ3) is 5.76. The molecule has 168 valence electrons. The normalized spacial score (nSPS) is 12.1. The molecule has 0 heterocycles. The number of halogens is 1. The number of anilines is 2. The molecule has 1 amide bonds. The Kier molecular flexibility index (Phi) is 7.71. The summed E-state index contributed by atoms with van der Waals surface area (Å²) in [5, 5.41) is 3.11. The second-order valence-corrected chi connectivity index (χ2v) is 10.3. The first-order valence-electron chi connectivity index (χ1n) is 9.66. The van der Waals surface area contributed by atoms with Crippen LogP contribution in [-0.2, 0) is 14.8 Å². The van der Waals surface area contributed by atoms with E-state index in [0.29, 0.717) is 11.4 Å². The molecule has 3 rings (SSSR count). The predicted molar refractivity (Wildman–Crippen MR) is 130 cm³/mol. The second kappa shape index (κ2) is 10.3. The number of para-hydroxylation sites is 1. The zero-order valence-electron chi connectivity index (χ0n) is 17.8. The van der Waals surface area contributed by atoms with Crippen molar-refractivity contribution in [1.82, 2.24) is 0 Å².